The van der Waals surface area contributed by atoms with Crippen LogP contribution in [-0.2, 0) is 5.41 Å². The lowest BCUT2D eigenvalue weighted by Crippen LogP contribution is -2.55. The van der Waals surface area contributed by atoms with Crippen LogP contribution in [-0.4, -0.2) is 25.2 Å². The largest absolute Gasteiger partial charge is 0.366 e. The first kappa shape index (κ1) is 13.0. The minimum Gasteiger partial charge on any atom is -0.366 e. The zero-order valence-electron chi connectivity index (χ0n) is 12.4. The Hall–Kier alpha value is -1.02. The van der Waals surface area contributed by atoms with E-state index in [4.69, 9.17) is 0 Å². The maximum Gasteiger partial charge on any atom is 0.0443 e. The van der Waals surface area contributed by atoms with Crippen molar-refractivity contribution < 1.29 is 0 Å². The average Bonchev–Trinajstić information content (AvgIpc) is 2.86. The zero-order chi connectivity index (χ0) is 13.5. The number of piperazine rings is 1. The Labute approximate surface area is 117 Å². The summed E-state index contributed by atoms with van der Waals surface area (Å²) in [6.45, 7) is 9.11. The van der Waals surface area contributed by atoms with Crippen LogP contribution in [0.1, 0.15) is 45.6 Å². The molecule has 0 spiro atoms. The highest BCUT2D eigenvalue weighted by Gasteiger charge is 2.34. The Bertz CT molecular complexity index is 430. The summed E-state index contributed by atoms with van der Waals surface area (Å²) in [6.07, 6.45) is 4.07. The first-order valence-electron chi connectivity index (χ1n) is 7.66. The van der Waals surface area contributed by atoms with E-state index in [9.17, 15) is 0 Å². The fourth-order valence-corrected chi connectivity index (χ4v) is 3.56. The summed E-state index contributed by atoms with van der Waals surface area (Å²) >= 11 is 0. The van der Waals surface area contributed by atoms with Crippen molar-refractivity contribution in [3.8, 4) is 0 Å². The third-order valence-corrected chi connectivity index (χ3v) is 4.70. The summed E-state index contributed by atoms with van der Waals surface area (Å²) in [6, 6.07) is 10.7. The van der Waals surface area contributed by atoms with Crippen LogP contribution in [0.4, 0.5) is 5.69 Å². The lowest BCUT2D eigenvalue weighted by molar-refractivity contribution is 0.404. The summed E-state index contributed by atoms with van der Waals surface area (Å²) in [4.78, 5) is 2.63. The second kappa shape index (κ2) is 4.82. The molecule has 2 fully saturated rings. The van der Waals surface area contributed by atoms with Gasteiger partial charge in [0.1, 0.15) is 0 Å². The molecule has 2 nitrogen and oxygen atoms in total. The molecule has 19 heavy (non-hydrogen) atoms. The summed E-state index contributed by atoms with van der Waals surface area (Å²) in [5, 5.41) is 3.67. The Balaban J connectivity index is 1.82. The smallest absolute Gasteiger partial charge is 0.0443 e. The van der Waals surface area contributed by atoms with E-state index >= 15 is 0 Å². The highest BCUT2D eigenvalue weighted by atomic mass is 15.2. The van der Waals surface area contributed by atoms with Gasteiger partial charge in [-0.3, -0.25) is 0 Å². The third-order valence-electron chi connectivity index (χ3n) is 4.70. The van der Waals surface area contributed by atoms with Gasteiger partial charge in [0.05, 0.1) is 0 Å². The van der Waals surface area contributed by atoms with Crippen LogP contribution < -0.4 is 10.2 Å². The lowest BCUT2D eigenvalue weighted by atomic mass is 9.87. The van der Waals surface area contributed by atoms with Gasteiger partial charge in [0.25, 0.3) is 0 Å². The predicted octanol–water partition coefficient (Wildman–Crippen LogP) is 3.31. The molecule has 2 atom stereocenters. The van der Waals surface area contributed by atoms with Gasteiger partial charge in [0, 0.05) is 30.9 Å². The number of rotatable bonds is 1. The molecule has 0 aromatic heterocycles. The van der Waals surface area contributed by atoms with Crippen LogP contribution in [0.5, 0.6) is 0 Å². The Morgan fingerprint density at radius 3 is 2.53 bits per heavy atom. The molecule has 0 radical (unpaired) electrons. The second-order valence-corrected chi connectivity index (χ2v) is 7.05. The van der Waals surface area contributed by atoms with E-state index in [1.54, 1.807) is 0 Å². The van der Waals surface area contributed by atoms with Gasteiger partial charge >= 0.3 is 0 Å². The zero-order valence-corrected chi connectivity index (χ0v) is 12.4. The Kier molecular flexibility index (Phi) is 3.30. The molecule has 104 valence electrons. The van der Waals surface area contributed by atoms with Crippen molar-refractivity contribution in [2.45, 2.75) is 57.5 Å². The van der Waals surface area contributed by atoms with Gasteiger partial charge in [-0.2, -0.15) is 0 Å². The maximum absolute atomic E-state index is 3.67. The molecule has 1 heterocycles. The van der Waals surface area contributed by atoms with E-state index < -0.39 is 0 Å². The SMILES string of the molecule is CC(C)(C)c1ccc(N2CCN[C@@H]3CCC[C@H]32)cc1. The van der Waals surface area contributed by atoms with Crippen molar-refractivity contribution in [1.82, 2.24) is 5.32 Å². The molecule has 3 rings (SSSR count). The number of nitrogens with zero attached hydrogens (tertiary/aromatic N) is 1. The van der Waals surface area contributed by atoms with Crippen LogP contribution in [0.2, 0.25) is 0 Å². The molecule has 1 aromatic rings. The number of benzene rings is 1. The molecule has 2 heteroatoms. The van der Waals surface area contributed by atoms with Crippen LogP contribution in [0.25, 0.3) is 0 Å². The highest BCUT2D eigenvalue weighted by Crippen LogP contribution is 2.32. The fourth-order valence-electron chi connectivity index (χ4n) is 3.56. The normalized spacial score (nSPS) is 27.4. The molecule has 0 bridgehead atoms. The van der Waals surface area contributed by atoms with E-state index in [2.05, 4.69) is 55.3 Å². The van der Waals surface area contributed by atoms with Crippen molar-refractivity contribution in [3.05, 3.63) is 29.8 Å². The predicted molar refractivity (Wildman–Crippen MR) is 81.9 cm³/mol. The lowest BCUT2D eigenvalue weighted by Gasteiger charge is -2.40. The van der Waals surface area contributed by atoms with Crippen molar-refractivity contribution in [3.63, 3.8) is 0 Å². The molecule has 1 aromatic carbocycles. The second-order valence-electron chi connectivity index (χ2n) is 7.05. The molecular formula is C17H26N2. The van der Waals surface area contributed by atoms with Crippen LogP contribution in [0, 0.1) is 0 Å². The number of fused-ring (bicyclic) bond motifs is 1. The van der Waals surface area contributed by atoms with E-state index in [1.807, 2.05) is 0 Å². The van der Waals surface area contributed by atoms with E-state index in [1.165, 1.54) is 30.5 Å². The van der Waals surface area contributed by atoms with Gasteiger partial charge in [-0.1, -0.05) is 32.9 Å². The van der Waals surface area contributed by atoms with Gasteiger partial charge in [-0.05, 0) is 42.4 Å². The number of hydrogen-bond acceptors (Lipinski definition) is 2. The van der Waals surface area contributed by atoms with Crippen LogP contribution in [0.3, 0.4) is 0 Å². The number of anilines is 1. The van der Waals surface area contributed by atoms with E-state index in [0.717, 1.165) is 19.1 Å². The van der Waals surface area contributed by atoms with E-state index in [0.29, 0.717) is 6.04 Å². The topological polar surface area (TPSA) is 15.3 Å². The fraction of sp³-hybridized carbons (Fsp3) is 0.647. The van der Waals surface area contributed by atoms with E-state index in [-0.39, 0.29) is 5.41 Å². The molecule has 1 aliphatic heterocycles. The molecule has 1 N–H and O–H groups in total. The molecule has 2 aliphatic rings. The summed E-state index contributed by atoms with van der Waals surface area (Å²) < 4.78 is 0. The molecule has 0 unspecified atom stereocenters. The first-order valence-corrected chi connectivity index (χ1v) is 7.66. The Morgan fingerprint density at radius 2 is 1.84 bits per heavy atom. The van der Waals surface area contributed by atoms with Gasteiger partial charge < -0.3 is 10.2 Å². The van der Waals surface area contributed by atoms with Crippen molar-refractivity contribution >= 4 is 5.69 Å². The minimum atomic E-state index is 0.248. The van der Waals surface area contributed by atoms with Gasteiger partial charge in [0.2, 0.25) is 0 Å². The molecule has 1 saturated heterocycles. The summed E-state index contributed by atoms with van der Waals surface area (Å²) in [5.41, 5.74) is 3.08. The molecule has 1 aliphatic carbocycles. The van der Waals surface area contributed by atoms with Crippen LogP contribution >= 0.6 is 0 Å². The average molecular weight is 258 g/mol. The number of nitrogens with one attached hydrogen (secondary N) is 1. The standard InChI is InChI=1S/C17H26N2/c1-17(2,3)13-7-9-14(10-8-13)19-12-11-18-15-5-4-6-16(15)19/h7-10,15-16,18H,4-6,11-12H2,1-3H3/t15-,16-/m1/s1. The third kappa shape index (κ3) is 2.51. The van der Waals surface area contributed by atoms with Crippen LogP contribution in [0.15, 0.2) is 24.3 Å². The van der Waals surface area contributed by atoms with Crippen molar-refractivity contribution in [2.24, 2.45) is 0 Å². The summed E-state index contributed by atoms with van der Waals surface area (Å²) in [7, 11) is 0. The van der Waals surface area contributed by atoms with Gasteiger partial charge in [-0.25, -0.2) is 0 Å². The molecule has 0 amide bonds. The number of hydrogen-bond donors (Lipinski definition) is 1. The first-order chi connectivity index (χ1) is 9.05. The monoisotopic (exact) mass is 258 g/mol. The maximum atomic E-state index is 3.67. The van der Waals surface area contributed by atoms with Crippen molar-refractivity contribution in [2.75, 3.05) is 18.0 Å². The van der Waals surface area contributed by atoms with Gasteiger partial charge in [-0.15, -0.1) is 0 Å². The summed E-state index contributed by atoms with van der Waals surface area (Å²) in [5.74, 6) is 0. The Morgan fingerprint density at radius 1 is 1.11 bits per heavy atom. The quantitative estimate of drug-likeness (QED) is 0.831. The van der Waals surface area contributed by atoms with Crippen molar-refractivity contribution in [1.29, 1.82) is 0 Å². The highest BCUT2D eigenvalue weighted by molar-refractivity contribution is 5.50. The van der Waals surface area contributed by atoms with Gasteiger partial charge in [0.15, 0.2) is 0 Å². The molecular weight excluding hydrogens is 232 g/mol. The minimum absolute atomic E-state index is 0.248. The molecule has 1 saturated carbocycles.